The minimum absolute atomic E-state index is 0.869. The summed E-state index contributed by atoms with van der Waals surface area (Å²) in [6.07, 6.45) is 0.903. The number of nitrogens with zero attached hydrogens (tertiary/aromatic N) is 3. The number of fused-ring (bicyclic) bond motifs is 4. The van der Waals surface area contributed by atoms with E-state index in [1.807, 2.05) is 0 Å². The molecule has 5 aromatic carbocycles. The molecule has 0 fully saturated rings. The summed E-state index contributed by atoms with van der Waals surface area (Å²) in [7, 11) is 2.16. The van der Waals surface area contributed by atoms with Crippen LogP contribution in [0.2, 0.25) is 0 Å². The molecule has 174 valence electrons. The Morgan fingerprint density at radius 1 is 0.556 bits per heavy atom. The number of hydrogen-bond donors (Lipinski definition) is 0. The van der Waals surface area contributed by atoms with Crippen LogP contribution in [0.3, 0.4) is 0 Å². The number of rotatable bonds is 4. The molecule has 0 N–H and O–H groups in total. The Morgan fingerprint density at radius 3 is 2.14 bits per heavy atom. The molecular formula is C33H27N3. The van der Waals surface area contributed by atoms with E-state index in [0.717, 1.165) is 13.1 Å². The van der Waals surface area contributed by atoms with Gasteiger partial charge in [-0.05, 0) is 72.1 Å². The molecule has 1 aromatic heterocycles. The maximum absolute atomic E-state index is 2.40. The average molecular weight is 466 g/mol. The first-order valence-electron chi connectivity index (χ1n) is 12.5. The van der Waals surface area contributed by atoms with Crippen molar-refractivity contribution in [1.29, 1.82) is 0 Å². The number of aromatic nitrogens is 1. The van der Waals surface area contributed by atoms with E-state index in [9.17, 15) is 0 Å². The van der Waals surface area contributed by atoms with Crippen LogP contribution in [0, 0.1) is 0 Å². The van der Waals surface area contributed by atoms with Crippen LogP contribution in [-0.2, 0) is 6.42 Å². The van der Waals surface area contributed by atoms with Gasteiger partial charge in [0.2, 0.25) is 0 Å². The lowest BCUT2D eigenvalue weighted by Gasteiger charge is -2.20. The molecule has 0 atom stereocenters. The summed E-state index contributed by atoms with van der Waals surface area (Å²) >= 11 is 0. The van der Waals surface area contributed by atoms with E-state index in [1.165, 1.54) is 55.7 Å². The van der Waals surface area contributed by atoms with Crippen LogP contribution in [0.25, 0.3) is 27.5 Å². The molecule has 0 unspecified atom stereocenters. The number of para-hydroxylation sites is 4. The highest BCUT2D eigenvalue weighted by atomic mass is 15.4. The molecule has 7 rings (SSSR count). The highest BCUT2D eigenvalue weighted by Gasteiger charge is 2.24. The molecule has 1 aliphatic heterocycles. The number of hydrogen-bond acceptors (Lipinski definition) is 2. The van der Waals surface area contributed by atoms with Gasteiger partial charge in [-0.2, -0.15) is 0 Å². The van der Waals surface area contributed by atoms with E-state index in [4.69, 9.17) is 0 Å². The lowest BCUT2D eigenvalue weighted by atomic mass is 10.0. The van der Waals surface area contributed by atoms with Crippen molar-refractivity contribution in [3.8, 4) is 5.69 Å². The first-order chi connectivity index (χ1) is 17.8. The molecule has 1 aliphatic rings. The third-order valence-electron chi connectivity index (χ3n) is 7.32. The topological polar surface area (TPSA) is 11.4 Å². The fourth-order valence-corrected chi connectivity index (χ4v) is 5.66. The molecule has 0 aliphatic carbocycles. The van der Waals surface area contributed by atoms with Gasteiger partial charge in [0.25, 0.3) is 0 Å². The smallest absolute Gasteiger partial charge is 0.0950 e. The molecular weight excluding hydrogens is 438 g/mol. The fraction of sp³-hybridized carbons (Fsp3) is 0.0909. The molecule has 0 saturated carbocycles. The average Bonchev–Trinajstić information content (AvgIpc) is 3.44. The second-order valence-corrected chi connectivity index (χ2v) is 9.64. The van der Waals surface area contributed by atoms with Gasteiger partial charge in [-0.25, -0.2) is 0 Å². The zero-order valence-corrected chi connectivity index (χ0v) is 20.3. The van der Waals surface area contributed by atoms with Crippen molar-refractivity contribution < 1.29 is 0 Å². The Kier molecular flexibility index (Phi) is 4.81. The SMILES string of the molecule is CN1CN(c2cccc(Cc3ccc4c(c3)c3ccccc3n4-c3ccccc3)c2)c2ccccc21. The predicted octanol–water partition coefficient (Wildman–Crippen LogP) is 7.92. The highest BCUT2D eigenvalue weighted by molar-refractivity contribution is 6.09. The van der Waals surface area contributed by atoms with Crippen molar-refractivity contribution in [1.82, 2.24) is 4.57 Å². The predicted molar refractivity (Wildman–Crippen MR) is 152 cm³/mol. The van der Waals surface area contributed by atoms with Crippen LogP contribution in [-0.4, -0.2) is 18.3 Å². The monoisotopic (exact) mass is 465 g/mol. The van der Waals surface area contributed by atoms with Crippen LogP contribution in [0.1, 0.15) is 11.1 Å². The molecule has 0 amide bonds. The van der Waals surface area contributed by atoms with Crippen molar-refractivity contribution >= 4 is 38.9 Å². The zero-order valence-electron chi connectivity index (χ0n) is 20.3. The van der Waals surface area contributed by atoms with Crippen LogP contribution in [0.15, 0.2) is 121 Å². The molecule has 36 heavy (non-hydrogen) atoms. The van der Waals surface area contributed by atoms with Gasteiger partial charge in [0, 0.05) is 29.2 Å². The van der Waals surface area contributed by atoms with Crippen molar-refractivity contribution in [2.24, 2.45) is 0 Å². The summed E-state index contributed by atoms with van der Waals surface area (Å²) in [6, 6.07) is 43.9. The Labute approximate surface area is 211 Å². The van der Waals surface area contributed by atoms with Gasteiger partial charge in [-0.1, -0.05) is 66.7 Å². The van der Waals surface area contributed by atoms with Gasteiger partial charge in [0.05, 0.1) is 29.1 Å². The van der Waals surface area contributed by atoms with Gasteiger partial charge in [0.15, 0.2) is 0 Å². The number of anilines is 3. The van der Waals surface area contributed by atoms with Crippen LogP contribution in [0.4, 0.5) is 17.1 Å². The van der Waals surface area contributed by atoms with E-state index < -0.39 is 0 Å². The maximum Gasteiger partial charge on any atom is 0.0950 e. The molecule has 6 aromatic rings. The first-order valence-corrected chi connectivity index (χ1v) is 12.5. The minimum atomic E-state index is 0.869. The second kappa shape index (κ2) is 8.31. The normalized spacial score (nSPS) is 13.0. The largest absolute Gasteiger partial charge is 0.355 e. The molecule has 0 spiro atoms. The van der Waals surface area contributed by atoms with Gasteiger partial charge in [-0.15, -0.1) is 0 Å². The van der Waals surface area contributed by atoms with E-state index in [1.54, 1.807) is 0 Å². The first kappa shape index (κ1) is 20.8. The lowest BCUT2D eigenvalue weighted by molar-refractivity contribution is 0.948. The minimum Gasteiger partial charge on any atom is -0.355 e. The molecule has 2 heterocycles. The van der Waals surface area contributed by atoms with Crippen molar-refractivity contribution in [2.75, 3.05) is 23.5 Å². The van der Waals surface area contributed by atoms with Gasteiger partial charge < -0.3 is 14.4 Å². The zero-order chi connectivity index (χ0) is 24.1. The Morgan fingerprint density at radius 2 is 1.25 bits per heavy atom. The van der Waals surface area contributed by atoms with Crippen LogP contribution >= 0.6 is 0 Å². The maximum atomic E-state index is 2.40. The van der Waals surface area contributed by atoms with Crippen molar-refractivity contribution in [2.45, 2.75) is 6.42 Å². The standard InChI is InChI=1S/C33H27N3/c1-34-23-35(33-17-8-7-16-32(33)34)27-13-9-10-24(21-27)20-25-18-19-31-29(22-25)28-14-5-6-15-30(28)36(31)26-11-3-2-4-12-26/h2-19,21-22H,20,23H2,1H3. The summed E-state index contributed by atoms with van der Waals surface area (Å²) in [6.45, 7) is 0.869. The third-order valence-corrected chi connectivity index (χ3v) is 7.32. The summed E-state index contributed by atoms with van der Waals surface area (Å²) in [5.74, 6) is 0. The van der Waals surface area contributed by atoms with E-state index in [0.29, 0.717) is 0 Å². The molecule has 0 bridgehead atoms. The van der Waals surface area contributed by atoms with Crippen molar-refractivity contribution in [3.63, 3.8) is 0 Å². The Bertz CT molecular complexity index is 1710. The van der Waals surface area contributed by atoms with E-state index in [2.05, 4.69) is 143 Å². The molecule has 3 heteroatoms. The highest BCUT2D eigenvalue weighted by Crippen LogP contribution is 2.40. The van der Waals surface area contributed by atoms with E-state index in [-0.39, 0.29) is 0 Å². The number of benzene rings is 5. The summed E-state index contributed by atoms with van der Waals surface area (Å²) in [4.78, 5) is 4.70. The Balaban J connectivity index is 1.27. The summed E-state index contributed by atoms with van der Waals surface area (Å²) < 4.78 is 2.37. The summed E-state index contributed by atoms with van der Waals surface area (Å²) in [5.41, 5.74) is 10.1. The fourth-order valence-electron chi connectivity index (χ4n) is 5.66. The third kappa shape index (κ3) is 3.36. The van der Waals surface area contributed by atoms with E-state index >= 15 is 0 Å². The van der Waals surface area contributed by atoms with Gasteiger partial charge in [-0.3, -0.25) is 0 Å². The van der Waals surface area contributed by atoms with Crippen LogP contribution in [0.5, 0.6) is 0 Å². The molecule has 0 saturated heterocycles. The lowest BCUT2D eigenvalue weighted by Crippen LogP contribution is -2.24. The molecule has 3 nitrogen and oxygen atoms in total. The second-order valence-electron chi connectivity index (χ2n) is 9.64. The quantitative estimate of drug-likeness (QED) is 0.262. The summed E-state index contributed by atoms with van der Waals surface area (Å²) in [5, 5.41) is 2.60. The Hall–Kier alpha value is -4.50. The van der Waals surface area contributed by atoms with Crippen molar-refractivity contribution in [3.05, 3.63) is 132 Å². The van der Waals surface area contributed by atoms with Gasteiger partial charge in [0.1, 0.15) is 0 Å². The van der Waals surface area contributed by atoms with Crippen LogP contribution < -0.4 is 9.80 Å². The van der Waals surface area contributed by atoms with Gasteiger partial charge >= 0.3 is 0 Å². The molecule has 0 radical (unpaired) electrons.